The molecule has 1 aliphatic carbocycles. The van der Waals surface area contributed by atoms with Crippen LogP contribution in [-0.2, 0) is 25.7 Å². The van der Waals surface area contributed by atoms with E-state index in [4.69, 9.17) is 0 Å². The van der Waals surface area contributed by atoms with Crippen molar-refractivity contribution in [2.75, 3.05) is 0 Å². The third-order valence-electron chi connectivity index (χ3n) is 8.53. The van der Waals surface area contributed by atoms with Crippen LogP contribution in [0.2, 0.25) is 0 Å². The molecule has 0 radical (unpaired) electrons. The van der Waals surface area contributed by atoms with Gasteiger partial charge in [-0.1, -0.05) is 35.9 Å². The van der Waals surface area contributed by atoms with Gasteiger partial charge in [-0.05, 0) is 152 Å². The number of nitrogens with zero attached hydrogens (tertiary/aromatic N) is 1. The summed E-state index contributed by atoms with van der Waals surface area (Å²) in [5.41, 5.74) is 12.6. The molecule has 5 nitrogen and oxygen atoms in total. The normalized spacial score (nSPS) is 13.6. The van der Waals surface area contributed by atoms with Crippen molar-refractivity contribution in [1.82, 2.24) is 0 Å². The molecule has 0 aromatic heterocycles. The summed E-state index contributed by atoms with van der Waals surface area (Å²) >= 11 is 4.45. The Balaban J connectivity index is 1.60. The SMILES string of the molecule is CC1=CC(CCc2c(C)c(CCc3cc(C)c(N=O)c(Cc4ccc(O)c(C)c4)c3C)cc(C)c2O)=CC(S)=C(O)C1. The summed E-state index contributed by atoms with van der Waals surface area (Å²) in [6.07, 6.45) is 8.07. The van der Waals surface area contributed by atoms with Crippen molar-refractivity contribution in [2.24, 2.45) is 5.18 Å². The number of nitroso groups, excluding NO2 is 1. The van der Waals surface area contributed by atoms with E-state index in [9.17, 15) is 20.2 Å². The third-order valence-corrected chi connectivity index (χ3v) is 8.91. The second-order valence-corrected chi connectivity index (χ2v) is 12.2. The van der Waals surface area contributed by atoms with Crippen LogP contribution in [-0.4, -0.2) is 15.3 Å². The maximum atomic E-state index is 11.9. The molecule has 3 aromatic carbocycles. The summed E-state index contributed by atoms with van der Waals surface area (Å²) in [6, 6.07) is 9.69. The van der Waals surface area contributed by atoms with Gasteiger partial charge in [-0.2, -0.15) is 0 Å². The van der Waals surface area contributed by atoms with Gasteiger partial charge in [0.05, 0.1) is 0 Å². The zero-order valence-electron chi connectivity index (χ0n) is 25.4. The maximum Gasteiger partial charge on any atom is 0.121 e. The first-order valence-electron chi connectivity index (χ1n) is 14.4. The van der Waals surface area contributed by atoms with Gasteiger partial charge in [-0.3, -0.25) is 0 Å². The van der Waals surface area contributed by atoms with E-state index in [0.29, 0.717) is 35.6 Å². The van der Waals surface area contributed by atoms with Crippen molar-refractivity contribution < 1.29 is 15.3 Å². The maximum absolute atomic E-state index is 11.9. The number of hydrogen-bond acceptors (Lipinski definition) is 6. The fourth-order valence-electron chi connectivity index (χ4n) is 6.00. The van der Waals surface area contributed by atoms with Gasteiger partial charge in [0.1, 0.15) is 22.9 Å². The quantitative estimate of drug-likeness (QED) is 0.149. The molecule has 0 unspecified atom stereocenters. The Labute approximate surface area is 254 Å². The lowest BCUT2D eigenvalue weighted by Gasteiger charge is -2.19. The second-order valence-electron chi connectivity index (χ2n) is 11.7. The summed E-state index contributed by atoms with van der Waals surface area (Å²) in [6.45, 7) is 11.9. The zero-order chi connectivity index (χ0) is 30.7. The molecule has 0 spiro atoms. The molecular weight excluding hydrogens is 542 g/mol. The van der Waals surface area contributed by atoms with Crippen molar-refractivity contribution in [1.29, 1.82) is 0 Å². The van der Waals surface area contributed by atoms with Crippen LogP contribution in [0.4, 0.5) is 5.69 Å². The average Bonchev–Trinajstić information content (AvgIpc) is 3.05. The Morgan fingerprint density at radius 1 is 0.762 bits per heavy atom. The summed E-state index contributed by atoms with van der Waals surface area (Å²) in [5, 5.41) is 34.5. The van der Waals surface area contributed by atoms with E-state index in [2.05, 4.69) is 49.9 Å². The topological polar surface area (TPSA) is 90.1 Å². The van der Waals surface area contributed by atoms with Gasteiger partial charge in [0.2, 0.25) is 0 Å². The molecule has 42 heavy (non-hydrogen) atoms. The Kier molecular flexibility index (Phi) is 9.67. The standard InChI is InChI=1S/C36H41NO4S/c1-20-13-26(19-34(42)33(39)14-20)7-11-30-24(5)29(17-23(4)36(30)40)10-9-28-16-22(3)35(37-41)31(25(28)6)18-27-8-12-32(38)21(2)15-27/h8,12-13,15-17,19,38-40,42H,7,9-11,14,18H2,1-6H3. The number of phenolic OH excluding ortho intramolecular Hbond substituents is 2. The van der Waals surface area contributed by atoms with Crippen molar-refractivity contribution in [2.45, 2.75) is 80.1 Å². The van der Waals surface area contributed by atoms with Crippen LogP contribution in [0.5, 0.6) is 11.5 Å². The van der Waals surface area contributed by atoms with Crippen LogP contribution in [0.25, 0.3) is 0 Å². The van der Waals surface area contributed by atoms with Crippen LogP contribution in [0, 0.1) is 39.5 Å². The van der Waals surface area contributed by atoms with Crippen LogP contribution in [0.1, 0.15) is 75.4 Å². The van der Waals surface area contributed by atoms with Gasteiger partial charge in [0.15, 0.2) is 0 Å². The highest BCUT2D eigenvalue weighted by Crippen LogP contribution is 2.35. The van der Waals surface area contributed by atoms with E-state index in [-0.39, 0.29) is 11.5 Å². The summed E-state index contributed by atoms with van der Waals surface area (Å²) in [7, 11) is 0. The predicted octanol–water partition coefficient (Wildman–Crippen LogP) is 9.32. The number of hydrogen-bond donors (Lipinski definition) is 4. The molecule has 220 valence electrons. The van der Waals surface area contributed by atoms with Gasteiger partial charge in [-0.25, -0.2) is 0 Å². The lowest BCUT2D eigenvalue weighted by Crippen LogP contribution is -2.04. The number of rotatable bonds is 9. The fourth-order valence-corrected chi connectivity index (χ4v) is 6.25. The van der Waals surface area contributed by atoms with E-state index < -0.39 is 0 Å². The monoisotopic (exact) mass is 583 g/mol. The van der Waals surface area contributed by atoms with Gasteiger partial charge in [0.25, 0.3) is 0 Å². The molecule has 4 rings (SSSR count). The van der Waals surface area contributed by atoms with Crippen molar-refractivity contribution >= 4 is 18.3 Å². The molecule has 0 saturated carbocycles. The molecule has 3 aromatic rings. The molecule has 0 bridgehead atoms. The number of aromatic hydroxyl groups is 2. The van der Waals surface area contributed by atoms with E-state index in [1.165, 1.54) is 11.1 Å². The summed E-state index contributed by atoms with van der Waals surface area (Å²) in [4.78, 5) is 12.4. The molecule has 0 atom stereocenters. The van der Waals surface area contributed by atoms with E-state index in [1.54, 1.807) is 6.07 Å². The lowest BCUT2D eigenvalue weighted by molar-refractivity contribution is 0.397. The first kappa shape index (κ1) is 31.2. The van der Waals surface area contributed by atoms with Crippen molar-refractivity contribution in [3.8, 4) is 11.5 Å². The smallest absolute Gasteiger partial charge is 0.121 e. The molecule has 0 fully saturated rings. The number of benzene rings is 3. The van der Waals surface area contributed by atoms with Crippen molar-refractivity contribution in [3.05, 3.63) is 125 Å². The lowest BCUT2D eigenvalue weighted by atomic mass is 9.87. The average molecular weight is 584 g/mol. The Morgan fingerprint density at radius 2 is 1.40 bits per heavy atom. The first-order chi connectivity index (χ1) is 19.9. The summed E-state index contributed by atoms with van der Waals surface area (Å²) in [5.74, 6) is 0.881. The Morgan fingerprint density at radius 3 is 2.05 bits per heavy atom. The highest BCUT2D eigenvalue weighted by atomic mass is 32.1. The van der Waals surface area contributed by atoms with Crippen molar-refractivity contribution in [3.63, 3.8) is 0 Å². The van der Waals surface area contributed by atoms with E-state index in [1.807, 2.05) is 45.9 Å². The highest BCUT2D eigenvalue weighted by Gasteiger charge is 2.18. The predicted molar refractivity (Wildman–Crippen MR) is 175 cm³/mol. The molecule has 0 amide bonds. The molecule has 3 N–H and O–H groups in total. The largest absolute Gasteiger partial charge is 0.511 e. The second kappa shape index (κ2) is 13.0. The van der Waals surface area contributed by atoms with E-state index in [0.717, 1.165) is 74.9 Å². The third kappa shape index (κ3) is 6.81. The van der Waals surface area contributed by atoms with Crippen LogP contribution in [0.15, 0.2) is 69.5 Å². The molecule has 0 heterocycles. The Hall–Kier alpha value is -3.77. The van der Waals surface area contributed by atoms with Crippen LogP contribution < -0.4 is 0 Å². The van der Waals surface area contributed by atoms with Gasteiger partial charge in [-0.15, -0.1) is 17.5 Å². The van der Waals surface area contributed by atoms with Gasteiger partial charge >= 0.3 is 0 Å². The first-order valence-corrected chi connectivity index (χ1v) is 14.9. The van der Waals surface area contributed by atoms with Crippen LogP contribution in [0.3, 0.4) is 0 Å². The molecule has 6 heteroatoms. The minimum atomic E-state index is 0.258. The molecule has 1 aliphatic rings. The highest BCUT2D eigenvalue weighted by molar-refractivity contribution is 7.84. The number of allylic oxidation sites excluding steroid dienone is 4. The van der Waals surface area contributed by atoms with Gasteiger partial charge in [0, 0.05) is 11.3 Å². The number of aryl methyl sites for hydroxylation is 5. The van der Waals surface area contributed by atoms with Gasteiger partial charge < -0.3 is 15.3 Å². The van der Waals surface area contributed by atoms with E-state index >= 15 is 0 Å². The minimum Gasteiger partial charge on any atom is -0.511 e. The fraction of sp³-hybridized carbons (Fsp3) is 0.333. The summed E-state index contributed by atoms with van der Waals surface area (Å²) < 4.78 is 0. The minimum absolute atomic E-state index is 0.258. The molecule has 0 saturated heterocycles. The Bertz CT molecular complexity index is 1650. The molecule has 0 aliphatic heterocycles. The number of phenols is 2. The zero-order valence-corrected chi connectivity index (χ0v) is 26.3. The van der Waals surface area contributed by atoms with Crippen LogP contribution >= 0.6 is 12.6 Å². The number of aliphatic hydroxyl groups is 1. The number of thiol groups is 1. The molecular formula is C36H41NO4S. The number of aliphatic hydroxyl groups excluding tert-OH is 1.